The highest BCUT2D eigenvalue weighted by Gasteiger charge is 2.32. The summed E-state index contributed by atoms with van der Waals surface area (Å²) >= 11 is 0. The van der Waals surface area contributed by atoms with Gasteiger partial charge in [-0.3, -0.25) is 0 Å². The first-order valence-corrected chi connectivity index (χ1v) is 26.1. The van der Waals surface area contributed by atoms with Crippen LogP contribution in [0, 0.1) is 0 Å². The minimum Gasteiger partial charge on any atom is -0.308 e. The molecule has 0 atom stereocenters. The van der Waals surface area contributed by atoms with Crippen molar-refractivity contribution in [1.82, 2.24) is 33.2 Å². The molecule has 0 saturated heterocycles. The molecule has 7 nitrogen and oxygen atoms in total. The number of nitrogens with zero attached hydrogens (tertiary/aromatic N) is 7. The number of para-hydroxylation sites is 6. The van der Waals surface area contributed by atoms with Crippen molar-refractivity contribution in [2.75, 3.05) is 0 Å². The van der Waals surface area contributed by atoms with Crippen molar-refractivity contribution in [3.8, 4) is 56.9 Å². The Morgan fingerprint density at radius 1 is 0.351 bits per heavy atom. The molecule has 15 rings (SSSR count). The zero-order chi connectivity index (χ0) is 51.1. The highest BCUT2D eigenvalue weighted by molar-refractivity contribution is 6.38. The fourth-order valence-corrected chi connectivity index (χ4v) is 12.2. The van der Waals surface area contributed by atoms with Gasteiger partial charge in [0.25, 0.3) is 0 Å². The Bertz CT molecular complexity index is 4750. The molecule has 5 heterocycles. The second-order valence-electron chi connectivity index (χ2n) is 19.5. The summed E-state index contributed by atoms with van der Waals surface area (Å²) in [4.78, 5) is 16.4. The number of rotatable bonds is 9. The van der Waals surface area contributed by atoms with Crippen LogP contribution >= 0.6 is 0 Å². The summed E-state index contributed by atoms with van der Waals surface area (Å²) in [5.41, 5.74) is 16.3. The molecule has 0 radical (unpaired) electrons. The summed E-state index contributed by atoms with van der Waals surface area (Å²) in [6.07, 6.45) is 6.44. The molecule has 0 saturated carbocycles. The molecule has 362 valence electrons. The van der Waals surface area contributed by atoms with E-state index in [1.807, 2.05) is 42.5 Å². The smallest absolute Gasteiger partial charge is 0.168 e. The number of benzene rings is 10. The van der Waals surface area contributed by atoms with Gasteiger partial charge < -0.3 is 18.3 Å². The molecule has 0 N–H and O–H groups in total. The van der Waals surface area contributed by atoms with Crippen LogP contribution < -0.4 is 0 Å². The highest BCUT2D eigenvalue weighted by atomic mass is 15.1. The summed E-state index contributed by atoms with van der Waals surface area (Å²) in [5.74, 6) is 1.73. The van der Waals surface area contributed by atoms with Crippen LogP contribution in [-0.2, 0) is 0 Å². The maximum Gasteiger partial charge on any atom is 0.168 e. The molecular formula is C70H47N7. The lowest BCUT2D eigenvalue weighted by Gasteiger charge is -2.20. The molecule has 0 bridgehead atoms. The summed E-state index contributed by atoms with van der Waals surface area (Å²) < 4.78 is 9.83. The minimum absolute atomic E-state index is 0.553. The topological polar surface area (TPSA) is 58.4 Å². The Kier molecular flexibility index (Phi) is 10.1. The van der Waals surface area contributed by atoms with E-state index in [-0.39, 0.29) is 0 Å². The largest absolute Gasteiger partial charge is 0.308 e. The van der Waals surface area contributed by atoms with Crippen molar-refractivity contribution in [3.05, 3.63) is 261 Å². The van der Waals surface area contributed by atoms with Gasteiger partial charge in [-0.2, -0.15) is 0 Å². The lowest BCUT2D eigenvalue weighted by Crippen LogP contribution is -2.08. The average molecular weight is 986 g/mol. The molecular weight excluding hydrogens is 939 g/mol. The SMILES string of the molecule is C=Cc1c(/C=C\C)c2c(c3c4ccccc4n(-c4cccc(-n5c6ccccc6c6ccccc65)c4-c4nc(-c5ccccc5)nc(-c5ccccc5)n4)c3c3c4ccccc4n(-c4ccccc4)c23)n1-c1ccccc1. The molecule has 0 unspecified atom stereocenters. The third kappa shape index (κ3) is 6.60. The summed E-state index contributed by atoms with van der Waals surface area (Å²) in [7, 11) is 0. The van der Waals surface area contributed by atoms with Crippen LogP contribution in [0.25, 0.3) is 145 Å². The standard InChI is InChI=1S/C70H47N7/c1-3-26-51-54(4-2)74(47-31-13-7-14-32-47)65-61(51)66-62(52-37-19-23-41-57(52)75(66)48-33-15-8-16-34-48)67-63(65)53-38-20-24-42-58(53)77(67)60-44-25-43-59(76-55-39-21-17-35-49(55)50-36-18-22-40-56(50)76)64(60)70-72-68(45-27-9-5-10-28-45)71-69(73-70)46-29-11-6-12-30-46/h3-44H,2H2,1H3/b26-3-. The van der Waals surface area contributed by atoms with Crippen LogP contribution in [0.4, 0.5) is 0 Å². The Hall–Kier alpha value is -10.4. The van der Waals surface area contributed by atoms with E-state index in [4.69, 9.17) is 15.0 Å². The molecule has 77 heavy (non-hydrogen) atoms. The van der Waals surface area contributed by atoms with E-state index < -0.39 is 0 Å². The van der Waals surface area contributed by atoms with Gasteiger partial charge >= 0.3 is 0 Å². The fourth-order valence-electron chi connectivity index (χ4n) is 12.2. The maximum atomic E-state index is 5.59. The van der Waals surface area contributed by atoms with Crippen LogP contribution in [0.15, 0.2) is 249 Å². The van der Waals surface area contributed by atoms with Crippen molar-refractivity contribution in [2.45, 2.75) is 6.92 Å². The van der Waals surface area contributed by atoms with E-state index in [0.29, 0.717) is 17.5 Å². The Morgan fingerprint density at radius 2 is 0.740 bits per heavy atom. The van der Waals surface area contributed by atoms with E-state index >= 15 is 0 Å². The molecule has 7 heteroatoms. The van der Waals surface area contributed by atoms with Gasteiger partial charge in [0.15, 0.2) is 17.5 Å². The van der Waals surface area contributed by atoms with Crippen molar-refractivity contribution >= 4 is 88.5 Å². The van der Waals surface area contributed by atoms with Crippen molar-refractivity contribution in [2.24, 2.45) is 0 Å². The number of hydrogen-bond acceptors (Lipinski definition) is 3. The van der Waals surface area contributed by atoms with Gasteiger partial charge in [-0.25, -0.2) is 15.0 Å². The fraction of sp³-hybridized carbons (Fsp3) is 0.0143. The van der Waals surface area contributed by atoms with Gasteiger partial charge in [-0.1, -0.05) is 195 Å². The van der Waals surface area contributed by atoms with E-state index in [0.717, 1.165) is 127 Å². The Balaban J connectivity index is 1.21. The molecule has 0 aliphatic heterocycles. The molecule has 10 aromatic carbocycles. The normalized spacial score (nSPS) is 12.0. The lowest BCUT2D eigenvalue weighted by molar-refractivity contribution is 1.05. The summed E-state index contributed by atoms with van der Waals surface area (Å²) in [6, 6.07) is 83.9. The molecule has 0 spiro atoms. The average Bonchev–Trinajstić information content (AvgIpc) is 4.37. The van der Waals surface area contributed by atoms with Crippen molar-refractivity contribution in [3.63, 3.8) is 0 Å². The van der Waals surface area contributed by atoms with Crippen LogP contribution in [0.5, 0.6) is 0 Å². The van der Waals surface area contributed by atoms with Gasteiger partial charge in [0, 0.05) is 65.8 Å². The lowest BCUT2D eigenvalue weighted by atomic mass is 10.0. The third-order valence-electron chi connectivity index (χ3n) is 15.3. The van der Waals surface area contributed by atoms with Gasteiger partial charge in [0.1, 0.15) is 0 Å². The third-order valence-corrected chi connectivity index (χ3v) is 15.3. The second kappa shape index (κ2) is 17.6. The van der Waals surface area contributed by atoms with Crippen molar-refractivity contribution < 1.29 is 0 Å². The van der Waals surface area contributed by atoms with Gasteiger partial charge in [-0.15, -0.1) is 0 Å². The first-order chi connectivity index (χ1) is 38.2. The first-order valence-electron chi connectivity index (χ1n) is 26.1. The van der Waals surface area contributed by atoms with Gasteiger partial charge in [0.05, 0.1) is 61.2 Å². The Labute approximate surface area is 443 Å². The van der Waals surface area contributed by atoms with Crippen LogP contribution in [-0.4, -0.2) is 33.2 Å². The molecule has 15 aromatic rings. The van der Waals surface area contributed by atoms with Gasteiger partial charge in [-0.05, 0) is 73.7 Å². The molecule has 0 aliphatic carbocycles. The summed E-state index contributed by atoms with van der Waals surface area (Å²) in [6.45, 7) is 6.65. The quantitative estimate of drug-likeness (QED) is 0.145. The predicted octanol–water partition coefficient (Wildman–Crippen LogP) is 17.8. The van der Waals surface area contributed by atoms with E-state index in [2.05, 4.69) is 244 Å². The van der Waals surface area contributed by atoms with Crippen LogP contribution in [0.3, 0.4) is 0 Å². The first kappa shape index (κ1) is 44.1. The van der Waals surface area contributed by atoms with Crippen LogP contribution in [0.1, 0.15) is 18.2 Å². The number of allylic oxidation sites excluding steroid dienone is 1. The van der Waals surface area contributed by atoms with Crippen LogP contribution in [0.2, 0.25) is 0 Å². The second-order valence-corrected chi connectivity index (χ2v) is 19.5. The Morgan fingerprint density at radius 3 is 1.25 bits per heavy atom. The molecule has 0 fully saturated rings. The number of aromatic nitrogens is 7. The number of fused-ring (bicyclic) bond motifs is 13. The summed E-state index contributed by atoms with van der Waals surface area (Å²) in [5, 5.41) is 7.98. The zero-order valence-electron chi connectivity index (χ0n) is 42.1. The maximum absolute atomic E-state index is 5.59. The number of hydrogen-bond donors (Lipinski definition) is 0. The predicted molar refractivity (Wildman–Crippen MR) is 321 cm³/mol. The highest BCUT2D eigenvalue weighted by Crippen LogP contribution is 2.51. The molecule has 5 aromatic heterocycles. The zero-order valence-corrected chi connectivity index (χ0v) is 42.1. The van der Waals surface area contributed by atoms with E-state index in [9.17, 15) is 0 Å². The monoisotopic (exact) mass is 985 g/mol. The van der Waals surface area contributed by atoms with E-state index in [1.165, 1.54) is 0 Å². The van der Waals surface area contributed by atoms with E-state index in [1.54, 1.807) is 0 Å². The van der Waals surface area contributed by atoms with Gasteiger partial charge in [0.2, 0.25) is 0 Å². The van der Waals surface area contributed by atoms with Crippen molar-refractivity contribution in [1.29, 1.82) is 0 Å². The molecule has 0 aliphatic rings. The minimum atomic E-state index is 0.553. The molecule has 0 amide bonds.